The van der Waals surface area contributed by atoms with Crippen LogP contribution in [0.1, 0.15) is 53.9 Å². The summed E-state index contributed by atoms with van der Waals surface area (Å²) >= 11 is 4.51. The highest BCUT2D eigenvalue weighted by Crippen LogP contribution is 2.41. The Morgan fingerprint density at radius 2 is 1.68 bits per heavy atom. The van der Waals surface area contributed by atoms with Crippen molar-refractivity contribution in [2.45, 2.75) is 70.3 Å². The summed E-state index contributed by atoms with van der Waals surface area (Å²) in [5, 5.41) is 0. The molecule has 1 aliphatic heterocycles. The molecule has 0 aromatic carbocycles. The molecule has 0 aromatic rings. The fourth-order valence-corrected chi connectivity index (χ4v) is 4.01. The third-order valence-electron chi connectivity index (χ3n) is 4.98. The van der Waals surface area contributed by atoms with E-state index in [-0.39, 0.29) is 4.87 Å². The van der Waals surface area contributed by atoms with Crippen molar-refractivity contribution in [3.05, 3.63) is 0 Å². The fourth-order valence-electron chi connectivity index (χ4n) is 3.37. The highest BCUT2D eigenvalue weighted by Gasteiger charge is 2.43. The number of rotatable bonds is 3. The summed E-state index contributed by atoms with van der Waals surface area (Å²) in [6.07, 6.45) is 4.28. The lowest BCUT2D eigenvalue weighted by molar-refractivity contribution is -0.0380. The molecular formula is C15H30N2S2. The summed E-state index contributed by atoms with van der Waals surface area (Å²) in [7, 11) is 1.70. The lowest BCUT2D eigenvalue weighted by Gasteiger charge is -2.55. The van der Waals surface area contributed by atoms with Crippen LogP contribution in [0.3, 0.4) is 0 Å². The van der Waals surface area contributed by atoms with E-state index in [1.165, 1.54) is 38.9 Å². The molecule has 0 radical (unpaired) electrons. The van der Waals surface area contributed by atoms with Crippen LogP contribution in [0.25, 0.3) is 0 Å². The molecule has 1 aliphatic carbocycles. The van der Waals surface area contributed by atoms with Crippen molar-refractivity contribution in [1.29, 1.82) is 0 Å². The Balaban J connectivity index is 2.13. The Labute approximate surface area is 128 Å². The number of thiol groups is 1. The van der Waals surface area contributed by atoms with Crippen LogP contribution in [0.2, 0.25) is 0 Å². The molecular weight excluding hydrogens is 272 g/mol. The Morgan fingerprint density at radius 1 is 1.05 bits per heavy atom. The first-order valence-corrected chi connectivity index (χ1v) is 9.47. The second-order valence-corrected chi connectivity index (χ2v) is 9.34. The molecule has 0 bridgehead atoms. The summed E-state index contributed by atoms with van der Waals surface area (Å²) in [6.45, 7) is 15.3. The van der Waals surface area contributed by atoms with Crippen LogP contribution in [-0.2, 0) is 0 Å². The lowest BCUT2D eigenvalue weighted by Crippen LogP contribution is -2.64. The molecule has 2 aliphatic rings. The zero-order chi connectivity index (χ0) is 14.3. The lowest BCUT2D eigenvalue weighted by atomic mass is 9.77. The molecule has 2 nitrogen and oxygen atoms in total. The summed E-state index contributed by atoms with van der Waals surface area (Å²) in [5.74, 6) is 0.907. The molecule has 0 N–H and O–H groups in total. The van der Waals surface area contributed by atoms with Gasteiger partial charge in [0, 0.05) is 31.2 Å². The van der Waals surface area contributed by atoms with E-state index in [0.717, 1.165) is 12.0 Å². The van der Waals surface area contributed by atoms with Crippen LogP contribution >= 0.6 is 22.5 Å². The molecule has 19 heavy (non-hydrogen) atoms. The third kappa shape index (κ3) is 3.45. The first-order chi connectivity index (χ1) is 8.75. The first kappa shape index (κ1) is 16.0. The monoisotopic (exact) mass is 302 g/mol. The van der Waals surface area contributed by atoms with Crippen molar-refractivity contribution >= 4 is 22.5 Å². The second kappa shape index (κ2) is 5.78. The van der Waals surface area contributed by atoms with Gasteiger partial charge in [-0.2, -0.15) is 0 Å². The van der Waals surface area contributed by atoms with E-state index in [1.807, 2.05) is 0 Å². The smallest absolute Gasteiger partial charge is 0.0717 e. The van der Waals surface area contributed by atoms with Crippen LogP contribution in [0, 0.1) is 5.92 Å². The van der Waals surface area contributed by atoms with E-state index in [4.69, 9.17) is 0 Å². The van der Waals surface area contributed by atoms with Crippen molar-refractivity contribution < 1.29 is 0 Å². The van der Waals surface area contributed by atoms with Gasteiger partial charge < -0.3 is 0 Å². The van der Waals surface area contributed by atoms with Crippen molar-refractivity contribution in [3.63, 3.8) is 0 Å². The summed E-state index contributed by atoms with van der Waals surface area (Å²) in [4.78, 5) is 5.54. The summed E-state index contributed by atoms with van der Waals surface area (Å²) in [6, 6.07) is 0.719. The van der Waals surface area contributed by atoms with Crippen molar-refractivity contribution in [2.75, 3.05) is 19.6 Å². The predicted molar refractivity (Wildman–Crippen MR) is 89.8 cm³/mol. The topological polar surface area (TPSA) is 6.48 Å². The van der Waals surface area contributed by atoms with Gasteiger partial charge in [0.1, 0.15) is 0 Å². The molecule has 2 fully saturated rings. The molecule has 1 saturated carbocycles. The van der Waals surface area contributed by atoms with E-state index >= 15 is 0 Å². The zero-order valence-corrected chi connectivity index (χ0v) is 14.9. The van der Waals surface area contributed by atoms with Crippen LogP contribution in [-0.4, -0.2) is 45.9 Å². The molecule has 1 unspecified atom stereocenters. The second-order valence-electron chi connectivity index (χ2n) is 7.61. The molecule has 4 heteroatoms. The van der Waals surface area contributed by atoms with E-state index in [2.05, 4.69) is 56.1 Å². The number of nitrogens with zero attached hydrogens (tertiary/aromatic N) is 2. The first-order valence-electron chi connectivity index (χ1n) is 7.60. The SMILES string of the molecule is CC(C)(C)N1CCN(C(C)(C)SS)C(C2CCC2)C1. The molecule has 1 saturated heterocycles. The van der Waals surface area contributed by atoms with Gasteiger partial charge in [0.25, 0.3) is 0 Å². The Morgan fingerprint density at radius 3 is 2.11 bits per heavy atom. The zero-order valence-electron chi connectivity index (χ0n) is 13.1. The molecule has 2 rings (SSSR count). The van der Waals surface area contributed by atoms with Crippen LogP contribution < -0.4 is 0 Å². The van der Waals surface area contributed by atoms with Gasteiger partial charge in [-0.05, 0) is 53.4 Å². The highest BCUT2D eigenvalue weighted by molar-refractivity contribution is 8.69. The average molecular weight is 303 g/mol. The molecule has 1 heterocycles. The van der Waals surface area contributed by atoms with Crippen LogP contribution in [0.5, 0.6) is 0 Å². The Kier molecular flexibility index (Phi) is 4.87. The van der Waals surface area contributed by atoms with E-state index < -0.39 is 0 Å². The van der Waals surface area contributed by atoms with Crippen molar-refractivity contribution in [1.82, 2.24) is 9.80 Å². The Bertz CT molecular complexity index is 308. The van der Waals surface area contributed by atoms with Gasteiger partial charge in [-0.3, -0.25) is 9.80 Å². The Hall–Kier alpha value is 0.620. The van der Waals surface area contributed by atoms with E-state index in [1.54, 1.807) is 10.8 Å². The fraction of sp³-hybridized carbons (Fsp3) is 1.00. The van der Waals surface area contributed by atoms with E-state index in [9.17, 15) is 0 Å². The molecule has 112 valence electrons. The van der Waals surface area contributed by atoms with Crippen LogP contribution in [0.15, 0.2) is 0 Å². The summed E-state index contributed by atoms with van der Waals surface area (Å²) < 4.78 is 0. The molecule has 0 aromatic heterocycles. The standard InChI is InChI=1S/C15H30N2S2/c1-14(2,3)16-9-10-17(15(4,5)19-18)13(11-16)12-7-6-8-12/h12-13,18H,6-11H2,1-5H3. The van der Waals surface area contributed by atoms with E-state index in [0.29, 0.717) is 5.54 Å². The third-order valence-corrected chi connectivity index (χ3v) is 7.00. The number of hydrogen-bond donors (Lipinski definition) is 1. The quantitative estimate of drug-likeness (QED) is 0.625. The van der Waals surface area contributed by atoms with Gasteiger partial charge in [-0.25, -0.2) is 0 Å². The van der Waals surface area contributed by atoms with Gasteiger partial charge in [0.2, 0.25) is 0 Å². The normalized spacial score (nSPS) is 28.4. The summed E-state index contributed by atoms with van der Waals surface area (Å²) in [5.41, 5.74) is 0.298. The van der Waals surface area contributed by atoms with Gasteiger partial charge in [0.05, 0.1) is 4.87 Å². The van der Waals surface area contributed by atoms with Crippen molar-refractivity contribution in [3.8, 4) is 0 Å². The molecule has 1 atom stereocenters. The van der Waals surface area contributed by atoms with Gasteiger partial charge in [-0.15, -0.1) is 11.7 Å². The largest absolute Gasteiger partial charge is 0.296 e. The maximum absolute atomic E-state index is 4.51. The van der Waals surface area contributed by atoms with Gasteiger partial charge >= 0.3 is 0 Å². The van der Waals surface area contributed by atoms with Gasteiger partial charge in [0.15, 0.2) is 0 Å². The molecule has 0 spiro atoms. The maximum atomic E-state index is 4.51. The van der Waals surface area contributed by atoms with Crippen LogP contribution in [0.4, 0.5) is 0 Å². The minimum Gasteiger partial charge on any atom is -0.296 e. The minimum absolute atomic E-state index is 0.146. The molecule has 0 amide bonds. The number of hydrogen-bond acceptors (Lipinski definition) is 4. The highest BCUT2D eigenvalue weighted by atomic mass is 33.1. The maximum Gasteiger partial charge on any atom is 0.0717 e. The minimum atomic E-state index is 0.146. The predicted octanol–water partition coefficient (Wildman–Crippen LogP) is 3.89. The van der Waals surface area contributed by atoms with Crippen molar-refractivity contribution in [2.24, 2.45) is 5.92 Å². The average Bonchev–Trinajstić information content (AvgIpc) is 2.25. The van der Waals surface area contributed by atoms with Gasteiger partial charge in [-0.1, -0.05) is 17.2 Å². The number of piperazine rings is 1.